The second kappa shape index (κ2) is 8.42. The number of carbonyl (C=O) groups excluding carboxylic acids is 1. The summed E-state index contributed by atoms with van der Waals surface area (Å²) in [5, 5.41) is 41.0. The van der Waals surface area contributed by atoms with Crippen LogP contribution in [0.4, 0.5) is 0 Å². The molecule has 0 saturated carbocycles. The molecule has 1 fully saturated rings. The highest BCUT2D eigenvalue weighted by Gasteiger charge is 2.45. The van der Waals surface area contributed by atoms with Crippen LogP contribution in [-0.2, 0) is 14.3 Å². The Morgan fingerprint density at radius 3 is 2.67 bits per heavy atom. The van der Waals surface area contributed by atoms with Crippen molar-refractivity contribution in [2.75, 3.05) is 13.2 Å². The Balaban J connectivity index is 2.73. The van der Waals surface area contributed by atoms with Crippen molar-refractivity contribution in [1.29, 1.82) is 0 Å². The average Bonchev–Trinajstić information content (AvgIpc) is 2.43. The second-order valence-electron chi connectivity index (χ2n) is 4.94. The summed E-state index contributed by atoms with van der Waals surface area (Å²) in [5.74, 6) is -0.433. The maximum absolute atomic E-state index is 11.2. The quantitative estimate of drug-likeness (QED) is 0.340. The number of hydrogen-bond acceptors (Lipinski definition) is 7. The van der Waals surface area contributed by atoms with Crippen LogP contribution < -0.4 is 5.32 Å². The minimum absolute atomic E-state index is 0.103. The number of amides is 1. The highest BCUT2D eigenvalue weighted by Crippen LogP contribution is 2.22. The molecule has 8 nitrogen and oxygen atoms in total. The van der Waals surface area contributed by atoms with Crippen LogP contribution >= 0.6 is 0 Å². The van der Waals surface area contributed by atoms with Gasteiger partial charge in [-0.3, -0.25) is 4.79 Å². The van der Waals surface area contributed by atoms with Gasteiger partial charge in [-0.2, -0.15) is 0 Å². The monoisotopic (exact) mass is 305 g/mol. The largest absolute Gasteiger partial charge is 0.394 e. The molecule has 0 aromatic heterocycles. The van der Waals surface area contributed by atoms with E-state index >= 15 is 0 Å². The van der Waals surface area contributed by atoms with Crippen LogP contribution in [0.25, 0.3) is 0 Å². The van der Waals surface area contributed by atoms with E-state index in [0.29, 0.717) is 6.42 Å². The summed E-state index contributed by atoms with van der Waals surface area (Å²) in [4.78, 5) is 11.2. The van der Waals surface area contributed by atoms with Crippen LogP contribution in [-0.4, -0.2) is 76.3 Å². The van der Waals surface area contributed by atoms with E-state index in [2.05, 4.69) is 11.9 Å². The Labute approximate surface area is 123 Å². The van der Waals surface area contributed by atoms with Gasteiger partial charge in [0.1, 0.15) is 24.4 Å². The molecular formula is C13H23NO7. The highest BCUT2D eigenvalue weighted by molar-refractivity contribution is 5.73. The van der Waals surface area contributed by atoms with Gasteiger partial charge in [0.25, 0.3) is 0 Å². The molecule has 0 spiro atoms. The van der Waals surface area contributed by atoms with E-state index in [0.717, 1.165) is 0 Å². The third kappa shape index (κ3) is 5.03. The second-order valence-corrected chi connectivity index (χ2v) is 4.94. The number of aliphatic hydroxyl groups is 4. The van der Waals surface area contributed by atoms with E-state index in [1.54, 1.807) is 0 Å². The van der Waals surface area contributed by atoms with Crippen molar-refractivity contribution in [2.24, 2.45) is 0 Å². The first kappa shape index (κ1) is 18.0. The van der Waals surface area contributed by atoms with Crippen LogP contribution in [0.3, 0.4) is 0 Å². The number of aliphatic hydroxyl groups excluding tert-OH is 4. The standard InChI is InChI=1S/C13H23NO7/c1-3-4-8(17)6-20-13-10(14-7(2)16)12(19)11(18)9(5-15)21-13/h3,8-13,15,17-19H,1,4-6H2,2H3,(H,14,16)/t8?,9-,10-,11-,12-,13+/m1/s1. The summed E-state index contributed by atoms with van der Waals surface area (Å²) in [6, 6.07) is -1.00. The molecule has 1 heterocycles. The van der Waals surface area contributed by atoms with Crippen molar-refractivity contribution in [3.05, 3.63) is 12.7 Å². The van der Waals surface area contributed by atoms with Gasteiger partial charge < -0.3 is 35.2 Å². The van der Waals surface area contributed by atoms with E-state index in [1.807, 2.05) is 0 Å². The Kier molecular flexibility index (Phi) is 7.23. The molecule has 6 atom stereocenters. The third-order valence-corrected chi connectivity index (χ3v) is 3.14. The van der Waals surface area contributed by atoms with Crippen molar-refractivity contribution in [2.45, 2.75) is 50.1 Å². The lowest BCUT2D eigenvalue weighted by Gasteiger charge is -2.42. The van der Waals surface area contributed by atoms with Crippen LogP contribution in [0.5, 0.6) is 0 Å². The first-order valence-electron chi connectivity index (χ1n) is 6.70. The maximum Gasteiger partial charge on any atom is 0.217 e. The smallest absolute Gasteiger partial charge is 0.217 e. The fraction of sp³-hybridized carbons (Fsp3) is 0.769. The minimum Gasteiger partial charge on any atom is -0.394 e. The van der Waals surface area contributed by atoms with Crippen molar-refractivity contribution in [1.82, 2.24) is 5.32 Å². The van der Waals surface area contributed by atoms with Crippen LogP contribution in [0.1, 0.15) is 13.3 Å². The highest BCUT2D eigenvalue weighted by atomic mass is 16.7. The van der Waals surface area contributed by atoms with Crippen molar-refractivity contribution < 1.29 is 34.7 Å². The summed E-state index contributed by atoms with van der Waals surface area (Å²) in [5.41, 5.74) is 0. The molecule has 122 valence electrons. The Bertz CT molecular complexity index is 351. The molecular weight excluding hydrogens is 282 g/mol. The van der Waals surface area contributed by atoms with Crippen molar-refractivity contribution in [3.8, 4) is 0 Å². The fourth-order valence-corrected chi connectivity index (χ4v) is 2.08. The minimum atomic E-state index is -1.36. The first-order valence-corrected chi connectivity index (χ1v) is 6.70. The Morgan fingerprint density at radius 1 is 1.48 bits per heavy atom. The molecule has 1 aliphatic heterocycles. The van der Waals surface area contributed by atoms with E-state index in [9.17, 15) is 20.1 Å². The van der Waals surface area contributed by atoms with E-state index in [1.165, 1.54) is 13.0 Å². The van der Waals surface area contributed by atoms with Gasteiger partial charge in [0, 0.05) is 6.92 Å². The molecule has 1 aliphatic rings. The van der Waals surface area contributed by atoms with Crippen molar-refractivity contribution in [3.63, 3.8) is 0 Å². The van der Waals surface area contributed by atoms with Gasteiger partial charge in [0.2, 0.25) is 5.91 Å². The SMILES string of the molecule is C=CCC(O)CO[C@H]1O[C@H](CO)[C@@H](O)[C@H](O)[C@H]1NC(C)=O. The van der Waals surface area contributed by atoms with Gasteiger partial charge >= 0.3 is 0 Å². The zero-order valence-electron chi connectivity index (χ0n) is 11.9. The topological polar surface area (TPSA) is 128 Å². The van der Waals surface area contributed by atoms with Crippen molar-refractivity contribution >= 4 is 5.91 Å². The summed E-state index contributed by atoms with van der Waals surface area (Å²) in [6.07, 6.45) is -3.82. The molecule has 0 aromatic rings. The molecule has 0 aliphatic carbocycles. The maximum atomic E-state index is 11.2. The van der Waals surface area contributed by atoms with E-state index in [-0.39, 0.29) is 6.61 Å². The van der Waals surface area contributed by atoms with E-state index in [4.69, 9.17) is 14.6 Å². The summed E-state index contributed by atoms with van der Waals surface area (Å²) < 4.78 is 10.7. The normalized spacial score (nSPS) is 34.2. The van der Waals surface area contributed by atoms with E-state index < -0.39 is 49.3 Å². The zero-order valence-corrected chi connectivity index (χ0v) is 11.9. The molecule has 8 heteroatoms. The molecule has 1 amide bonds. The summed E-state index contributed by atoms with van der Waals surface area (Å²) >= 11 is 0. The van der Waals surface area contributed by atoms with Crippen LogP contribution in [0, 0.1) is 0 Å². The predicted octanol–water partition coefficient (Wildman–Crippen LogP) is -2.12. The number of ether oxygens (including phenoxy) is 2. The zero-order chi connectivity index (χ0) is 16.0. The number of nitrogens with one attached hydrogen (secondary N) is 1. The van der Waals surface area contributed by atoms with Gasteiger partial charge in [-0.15, -0.1) is 6.58 Å². The number of rotatable bonds is 7. The van der Waals surface area contributed by atoms with Crippen LogP contribution in [0.2, 0.25) is 0 Å². The Morgan fingerprint density at radius 2 is 2.14 bits per heavy atom. The van der Waals surface area contributed by atoms with Gasteiger partial charge in [0.15, 0.2) is 6.29 Å². The fourth-order valence-electron chi connectivity index (χ4n) is 2.08. The Hall–Kier alpha value is -1.03. The van der Waals surface area contributed by atoms with Gasteiger partial charge in [-0.05, 0) is 6.42 Å². The molecule has 0 bridgehead atoms. The lowest BCUT2D eigenvalue weighted by atomic mass is 9.97. The molecule has 1 unspecified atom stereocenters. The molecule has 1 rings (SSSR count). The summed E-state index contributed by atoms with van der Waals surface area (Å²) in [7, 11) is 0. The van der Waals surface area contributed by atoms with Gasteiger partial charge in [-0.1, -0.05) is 6.08 Å². The number of hydrogen-bond donors (Lipinski definition) is 5. The van der Waals surface area contributed by atoms with Gasteiger partial charge in [0.05, 0.1) is 19.3 Å². The molecule has 21 heavy (non-hydrogen) atoms. The molecule has 5 N–H and O–H groups in total. The molecule has 0 radical (unpaired) electrons. The van der Waals surface area contributed by atoms with Crippen LogP contribution in [0.15, 0.2) is 12.7 Å². The molecule has 1 saturated heterocycles. The summed E-state index contributed by atoms with van der Waals surface area (Å²) in [6.45, 7) is 4.12. The lowest BCUT2D eigenvalue weighted by molar-refractivity contribution is -0.274. The number of carbonyl (C=O) groups is 1. The average molecular weight is 305 g/mol. The lowest BCUT2D eigenvalue weighted by Crippen LogP contribution is -2.64. The first-order chi connectivity index (χ1) is 9.90. The predicted molar refractivity (Wildman–Crippen MR) is 72.1 cm³/mol. The molecule has 0 aromatic carbocycles. The van der Waals surface area contributed by atoms with Gasteiger partial charge in [-0.25, -0.2) is 0 Å². The third-order valence-electron chi connectivity index (χ3n) is 3.14.